The molecule has 0 bridgehead atoms. The normalized spacial score (nSPS) is 12.1. The highest BCUT2D eigenvalue weighted by molar-refractivity contribution is 5.21. The monoisotopic (exact) mass is 294 g/mol. The Morgan fingerprint density at radius 2 is 1.71 bits per heavy atom. The number of aliphatic hydroxyl groups is 1. The number of aliphatic hydroxyl groups excluding tert-OH is 1. The van der Waals surface area contributed by atoms with Crippen LogP contribution in [0, 0.1) is 11.6 Å². The molecule has 0 heterocycles. The van der Waals surface area contributed by atoms with E-state index in [1.165, 1.54) is 12.1 Å². The molecule has 0 fully saturated rings. The van der Waals surface area contributed by atoms with Gasteiger partial charge in [0, 0.05) is 5.56 Å². The molecule has 1 atom stereocenters. The van der Waals surface area contributed by atoms with Crippen LogP contribution >= 0.6 is 0 Å². The van der Waals surface area contributed by atoms with Crippen molar-refractivity contribution in [2.45, 2.75) is 6.10 Å². The second-order valence-corrected chi connectivity index (χ2v) is 4.40. The second-order valence-electron chi connectivity index (χ2n) is 4.40. The summed E-state index contributed by atoms with van der Waals surface area (Å²) in [5.41, 5.74) is -0.112. The summed E-state index contributed by atoms with van der Waals surface area (Å²) in [5, 5.41) is 9.77. The average molecular weight is 294 g/mol. The van der Waals surface area contributed by atoms with E-state index in [-0.39, 0.29) is 18.8 Å². The fourth-order valence-electron chi connectivity index (χ4n) is 1.80. The zero-order valence-corrected chi connectivity index (χ0v) is 11.3. The first kappa shape index (κ1) is 15.4. The van der Waals surface area contributed by atoms with Gasteiger partial charge in [0.1, 0.15) is 18.5 Å². The van der Waals surface area contributed by atoms with Gasteiger partial charge in [0.25, 0.3) is 0 Å². The molecule has 3 nitrogen and oxygen atoms in total. The van der Waals surface area contributed by atoms with Gasteiger partial charge in [-0.25, -0.2) is 8.78 Å². The molecule has 0 aliphatic heterocycles. The Morgan fingerprint density at radius 1 is 0.952 bits per heavy atom. The molecule has 0 aliphatic rings. The van der Waals surface area contributed by atoms with E-state index < -0.39 is 17.7 Å². The highest BCUT2D eigenvalue weighted by Crippen LogP contribution is 2.19. The van der Waals surface area contributed by atoms with Crippen LogP contribution in [-0.2, 0) is 4.74 Å². The topological polar surface area (TPSA) is 38.7 Å². The predicted molar refractivity (Wildman–Crippen MR) is 74.1 cm³/mol. The number of para-hydroxylation sites is 1. The van der Waals surface area contributed by atoms with Crippen molar-refractivity contribution in [1.29, 1.82) is 0 Å². The SMILES string of the molecule is OC(COCCOc1ccccc1)c1cccc(F)c1F. The van der Waals surface area contributed by atoms with E-state index in [1.54, 1.807) is 0 Å². The number of hydrogen-bond acceptors (Lipinski definition) is 3. The highest BCUT2D eigenvalue weighted by atomic mass is 19.2. The summed E-state index contributed by atoms with van der Waals surface area (Å²) in [5.74, 6) is -1.31. The van der Waals surface area contributed by atoms with Crippen molar-refractivity contribution in [3.63, 3.8) is 0 Å². The molecule has 0 amide bonds. The number of halogens is 2. The Hall–Kier alpha value is -1.98. The van der Waals surface area contributed by atoms with E-state index in [0.717, 1.165) is 11.8 Å². The standard InChI is InChI=1S/C16H16F2O3/c17-14-8-4-7-13(16(14)18)15(19)11-20-9-10-21-12-5-2-1-3-6-12/h1-8,15,19H,9-11H2. The van der Waals surface area contributed by atoms with Gasteiger partial charge in [-0.05, 0) is 18.2 Å². The van der Waals surface area contributed by atoms with E-state index in [4.69, 9.17) is 9.47 Å². The van der Waals surface area contributed by atoms with Crippen molar-refractivity contribution in [1.82, 2.24) is 0 Å². The van der Waals surface area contributed by atoms with Crippen molar-refractivity contribution in [3.8, 4) is 5.75 Å². The van der Waals surface area contributed by atoms with Crippen LogP contribution in [0.2, 0.25) is 0 Å². The fraction of sp³-hybridized carbons (Fsp3) is 0.250. The Kier molecular flexibility index (Phi) is 5.66. The zero-order valence-electron chi connectivity index (χ0n) is 11.3. The van der Waals surface area contributed by atoms with E-state index in [0.29, 0.717) is 6.61 Å². The molecule has 0 aliphatic carbocycles. The molecule has 2 aromatic rings. The smallest absolute Gasteiger partial charge is 0.164 e. The first-order chi connectivity index (χ1) is 10.2. The minimum atomic E-state index is -1.21. The Bertz CT molecular complexity index is 561. The molecule has 1 N–H and O–H groups in total. The van der Waals surface area contributed by atoms with Gasteiger partial charge < -0.3 is 14.6 Å². The lowest BCUT2D eigenvalue weighted by atomic mass is 10.1. The highest BCUT2D eigenvalue weighted by Gasteiger charge is 2.15. The molecule has 1 unspecified atom stereocenters. The van der Waals surface area contributed by atoms with Crippen molar-refractivity contribution in [3.05, 3.63) is 65.7 Å². The first-order valence-electron chi connectivity index (χ1n) is 6.56. The summed E-state index contributed by atoms with van der Waals surface area (Å²) in [6.07, 6.45) is -1.21. The lowest BCUT2D eigenvalue weighted by Gasteiger charge is -2.13. The van der Waals surface area contributed by atoms with Gasteiger partial charge in [-0.15, -0.1) is 0 Å². The average Bonchev–Trinajstić information content (AvgIpc) is 2.50. The summed E-state index contributed by atoms with van der Waals surface area (Å²) >= 11 is 0. The Labute approximate surface area is 121 Å². The molecule has 0 radical (unpaired) electrons. The van der Waals surface area contributed by atoms with Gasteiger partial charge in [-0.1, -0.05) is 30.3 Å². The zero-order chi connectivity index (χ0) is 15.1. The van der Waals surface area contributed by atoms with Crippen molar-refractivity contribution in [2.75, 3.05) is 19.8 Å². The predicted octanol–water partition coefficient (Wildman–Crippen LogP) is 3.09. The van der Waals surface area contributed by atoms with E-state index >= 15 is 0 Å². The van der Waals surface area contributed by atoms with Gasteiger partial charge in [0.05, 0.1) is 13.2 Å². The molecule has 21 heavy (non-hydrogen) atoms. The lowest BCUT2D eigenvalue weighted by Crippen LogP contribution is -2.13. The third-order valence-corrected chi connectivity index (χ3v) is 2.86. The quantitative estimate of drug-likeness (QED) is 0.798. The number of hydrogen-bond donors (Lipinski definition) is 1. The molecule has 2 rings (SSSR count). The maximum absolute atomic E-state index is 13.4. The van der Waals surface area contributed by atoms with Gasteiger partial charge in [-0.2, -0.15) is 0 Å². The molecule has 2 aromatic carbocycles. The summed E-state index contributed by atoms with van der Waals surface area (Å²) in [6.45, 7) is 0.420. The Morgan fingerprint density at radius 3 is 2.48 bits per heavy atom. The molecular formula is C16H16F2O3. The minimum absolute atomic E-state index is 0.112. The van der Waals surface area contributed by atoms with Gasteiger partial charge in [0.2, 0.25) is 0 Å². The van der Waals surface area contributed by atoms with Crippen molar-refractivity contribution < 1.29 is 23.4 Å². The van der Waals surface area contributed by atoms with Crippen LogP contribution < -0.4 is 4.74 Å². The number of benzene rings is 2. The first-order valence-corrected chi connectivity index (χ1v) is 6.56. The molecular weight excluding hydrogens is 278 g/mol. The van der Waals surface area contributed by atoms with E-state index in [9.17, 15) is 13.9 Å². The third-order valence-electron chi connectivity index (χ3n) is 2.86. The van der Waals surface area contributed by atoms with Crippen LogP contribution in [0.5, 0.6) is 5.75 Å². The molecule has 5 heteroatoms. The van der Waals surface area contributed by atoms with Crippen LogP contribution in [0.4, 0.5) is 8.78 Å². The maximum Gasteiger partial charge on any atom is 0.164 e. The molecule has 0 spiro atoms. The molecule has 0 saturated carbocycles. The van der Waals surface area contributed by atoms with Crippen LogP contribution in [0.15, 0.2) is 48.5 Å². The maximum atomic E-state index is 13.4. The van der Waals surface area contributed by atoms with Crippen LogP contribution in [0.1, 0.15) is 11.7 Å². The minimum Gasteiger partial charge on any atom is -0.491 e. The summed E-state index contributed by atoms with van der Waals surface area (Å²) < 4.78 is 37.1. The second kappa shape index (κ2) is 7.71. The van der Waals surface area contributed by atoms with Crippen LogP contribution in [0.25, 0.3) is 0 Å². The van der Waals surface area contributed by atoms with E-state index in [1.807, 2.05) is 30.3 Å². The van der Waals surface area contributed by atoms with Gasteiger partial charge in [0.15, 0.2) is 11.6 Å². The molecule has 0 aromatic heterocycles. The van der Waals surface area contributed by atoms with Gasteiger partial charge in [-0.3, -0.25) is 0 Å². The summed E-state index contributed by atoms with van der Waals surface area (Å²) in [6, 6.07) is 12.9. The molecule has 112 valence electrons. The van der Waals surface area contributed by atoms with E-state index in [2.05, 4.69) is 0 Å². The van der Waals surface area contributed by atoms with Crippen molar-refractivity contribution in [2.24, 2.45) is 0 Å². The van der Waals surface area contributed by atoms with Crippen LogP contribution in [-0.4, -0.2) is 24.9 Å². The number of rotatable bonds is 7. The Balaban J connectivity index is 1.72. The largest absolute Gasteiger partial charge is 0.491 e. The lowest BCUT2D eigenvalue weighted by molar-refractivity contribution is 0.0222. The fourth-order valence-corrected chi connectivity index (χ4v) is 1.80. The molecule has 0 saturated heterocycles. The van der Waals surface area contributed by atoms with Crippen LogP contribution in [0.3, 0.4) is 0 Å². The van der Waals surface area contributed by atoms with Crippen molar-refractivity contribution >= 4 is 0 Å². The number of ether oxygens (including phenoxy) is 2. The third kappa shape index (κ3) is 4.51. The summed E-state index contributed by atoms with van der Waals surface area (Å²) in [7, 11) is 0. The summed E-state index contributed by atoms with van der Waals surface area (Å²) in [4.78, 5) is 0. The van der Waals surface area contributed by atoms with Gasteiger partial charge >= 0.3 is 0 Å².